The van der Waals surface area contributed by atoms with E-state index in [1.165, 1.54) is 29.5 Å². The molecule has 1 aromatic carbocycles. The molecule has 0 amide bonds. The van der Waals surface area contributed by atoms with Crippen LogP contribution in [-0.4, -0.2) is 14.3 Å². The standard InChI is InChI=1S/C17H23N3O/c1-17(2,3)20-16(21)19(12-18-20)11-13-7-9-15(10-8-13)14-5-4-6-14/h7-10,12,14H,4-6,11H2,1-3H3. The molecule has 112 valence electrons. The molecule has 1 saturated carbocycles. The third-order valence-corrected chi connectivity index (χ3v) is 4.28. The molecule has 0 bridgehead atoms. The predicted octanol–water partition coefficient (Wildman–Crippen LogP) is 3.12. The topological polar surface area (TPSA) is 39.8 Å². The van der Waals surface area contributed by atoms with Crippen molar-refractivity contribution in [1.29, 1.82) is 0 Å². The molecule has 21 heavy (non-hydrogen) atoms. The van der Waals surface area contributed by atoms with Gasteiger partial charge in [-0.2, -0.15) is 5.10 Å². The van der Waals surface area contributed by atoms with Crippen LogP contribution < -0.4 is 5.69 Å². The van der Waals surface area contributed by atoms with E-state index in [0.717, 1.165) is 11.5 Å². The lowest BCUT2D eigenvalue weighted by molar-refractivity contribution is 0.341. The fraction of sp³-hybridized carbons (Fsp3) is 0.529. The summed E-state index contributed by atoms with van der Waals surface area (Å²) in [6.07, 6.45) is 5.62. The van der Waals surface area contributed by atoms with E-state index in [2.05, 4.69) is 29.4 Å². The van der Waals surface area contributed by atoms with Crippen LogP contribution in [0.3, 0.4) is 0 Å². The highest BCUT2D eigenvalue weighted by Gasteiger charge is 2.20. The minimum Gasteiger partial charge on any atom is -0.277 e. The number of aromatic nitrogens is 3. The Morgan fingerprint density at radius 1 is 1.19 bits per heavy atom. The molecule has 1 aliphatic rings. The van der Waals surface area contributed by atoms with Crippen molar-refractivity contribution in [2.75, 3.05) is 0 Å². The van der Waals surface area contributed by atoms with Crippen molar-refractivity contribution in [3.63, 3.8) is 0 Å². The number of rotatable bonds is 3. The van der Waals surface area contributed by atoms with E-state index in [1.54, 1.807) is 10.9 Å². The first kappa shape index (κ1) is 14.1. The second-order valence-electron chi connectivity index (χ2n) is 6.99. The SMILES string of the molecule is CC(C)(C)n1ncn(Cc2ccc(C3CCC3)cc2)c1=O. The van der Waals surface area contributed by atoms with E-state index in [-0.39, 0.29) is 11.2 Å². The van der Waals surface area contributed by atoms with Crippen LogP contribution >= 0.6 is 0 Å². The molecule has 1 heterocycles. The molecular formula is C17H23N3O. The highest BCUT2D eigenvalue weighted by molar-refractivity contribution is 5.26. The largest absolute Gasteiger partial charge is 0.346 e. The van der Waals surface area contributed by atoms with Crippen LogP contribution in [0.25, 0.3) is 0 Å². The highest BCUT2D eigenvalue weighted by Crippen LogP contribution is 2.36. The Bertz CT molecular complexity index is 669. The number of benzene rings is 1. The minimum absolute atomic E-state index is 0.0504. The molecule has 0 atom stereocenters. The molecule has 1 aliphatic carbocycles. The van der Waals surface area contributed by atoms with Crippen LogP contribution in [0.5, 0.6) is 0 Å². The van der Waals surface area contributed by atoms with E-state index in [1.807, 2.05) is 20.8 Å². The van der Waals surface area contributed by atoms with Gasteiger partial charge in [-0.1, -0.05) is 30.7 Å². The van der Waals surface area contributed by atoms with Gasteiger partial charge in [0.1, 0.15) is 6.33 Å². The Morgan fingerprint density at radius 3 is 2.33 bits per heavy atom. The Labute approximate surface area is 125 Å². The van der Waals surface area contributed by atoms with Crippen LogP contribution in [0.15, 0.2) is 35.4 Å². The quantitative estimate of drug-likeness (QED) is 0.869. The van der Waals surface area contributed by atoms with Gasteiger partial charge in [-0.25, -0.2) is 9.48 Å². The summed E-state index contributed by atoms with van der Waals surface area (Å²) in [4.78, 5) is 12.3. The van der Waals surface area contributed by atoms with Crippen LogP contribution in [0.4, 0.5) is 0 Å². The second kappa shape index (κ2) is 5.17. The highest BCUT2D eigenvalue weighted by atomic mass is 16.2. The first-order chi connectivity index (χ1) is 9.95. The average Bonchev–Trinajstić information content (AvgIpc) is 2.71. The predicted molar refractivity (Wildman–Crippen MR) is 83.6 cm³/mol. The lowest BCUT2D eigenvalue weighted by atomic mass is 9.80. The summed E-state index contributed by atoms with van der Waals surface area (Å²) in [5.74, 6) is 0.755. The molecule has 0 unspecified atom stereocenters. The summed E-state index contributed by atoms with van der Waals surface area (Å²) in [5, 5.41) is 4.22. The lowest BCUT2D eigenvalue weighted by Crippen LogP contribution is -2.35. The van der Waals surface area contributed by atoms with Gasteiger partial charge in [-0.15, -0.1) is 0 Å². The minimum atomic E-state index is -0.281. The van der Waals surface area contributed by atoms with Gasteiger partial charge in [-0.05, 0) is 50.7 Å². The Hall–Kier alpha value is -1.84. The molecule has 1 aromatic heterocycles. The van der Waals surface area contributed by atoms with Gasteiger partial charge in [0.2, 0.25) is 0 Å². The average molecular weight is 285 g/mol. The summed E-state index contributed by atoms with van der Waals surface area (Å²) in [6, 6.07) is 8.68. The maximum atomic E-state index is 12.3. The van der Waals surface area contributed by atoms with Gasteiger partial charge < -0.3 is 0 Å². The molecule has 0 N–H and O–H groups in total. The van der Waals surface area contributed by atoms with Crippen molar-refractivity contribution < 1.29 is 0 Å². The van der Waals surface area contributed by atoms with E-state index in [9.17, 15) is 4.79 Å². The van der Waals surface area contributed by atoms with Gasteiger partial charge in [0, 0.05) is 0 Å². The number of hydrogen-bond donors (Lipinski definition) is 0. The first-order valence-corrected chi connectivity index (χ1v) is 7.69. The molecule has 0 spiro atoms. The third kappa shape index (κ3) is 2.80. The van der Waals surface area contributed by atoms with E-state index < -0.39 is 0 Å². The van der Waals surface area contributed by atoms with Crippen molar-refractivity contribution in [3.8, 4) is 0 Å². The zero-order chi connectivity index (χ0) is 15.0. The monoisotopic (exact) mass is 285 g/mol. The molecule has 3 rings (SSSR count). The molecule has 2 aromatic rings. The molecule has 4 heteroatoms. The second-order valence-corrected chi connectivity index (χ2v) is 6.99. The third-order valence-electron chi connectivity index (χ3n) is 4.28. The summed E-state index contributed by atoms with van der Waals surface area (Å²) in [7, 11) is 0. The van der Waals surface area contributed by atoms with Crippen LogP contribution in [0.1, 0.15) is 57.1 Å². The lowest BCUT2D eigenvalue weighted by Gasteiger charge is -2.25. The fourth-order valence-electron chi connectivity index (χ4n) is 2.74. The summed E-state index contributed by atoms with van der Waals surface area (Å²) in [5.41, 5.74) is 2.25. The van der Waals surface area contributed by atoms with Gasteiger partial charge in [0.25, 0.3) is 0 Å². The normalized spacial score (nSPS) is 16.0. The van der Waals surface area contributed by atoms with Gasteiger partial charge in [0.15, 0.2) is 0 Å². The van der Waals surface area contributed by atoms with Gasteiger partial charge >= 0.3 is 5.69 Å². The molecular weight excluding hydrogens is 262 g/mol. The van der Waals surface area contributed by atoms with Gasteiger partial charge in [0.05, 0.1) is 12.1 Å². The van der Waals surface area contributed by atoms with Crippen molar-refractivity contribution in [2.24, 2.45) is 0 Å². The summed E-state index contributed by atoms with van der Waals surface area (Å²) in [6.45, 7) is 6.54. The zero-order valence-electron chi connectivity index (χ0n) is 13.0. The first-order valence-electron chi connectivity index (χ1n) is 7.69. The number of nitrogens with zero attached hydrogens (tertiary/aromatic N) is 3. The van der Waals surface area contributed by atoms with Gasteiger partial charge in [-0.3, -0.25) is 4.57 Å². The van der Waals surface area contributed by atoms with E-state index in [4.69, 9.17) is 0 Å². The van der Waals surface area contributed by atoms with E-state index >= 15 is 0 Å². The van der Waals surface area contributed by atoms with Crippen molar-refractivity contribution >= 4 is 0 Å². The summed E-state index contributed by atoms with van der Waals surface area (Å²) >= 11 is 0. The van der Waals surface area contributed by atoms with Crippen molar-refractivity contribution in [3.05, 3.63) is 52.2 Å². The smallest absolute Gasteiger partial charge is 0.277 e. The zero-order valence-corrected chi connectivity index (χ0v) is 13.0. The maximum absolute atomic E-state index is 12.3. The van der Waals surface area contributed by atoms with Crippen LogP contribution in [0, 0.1) is 0 Å². The molecule has 0 radical (unpaired) electrons. The fourth-order valence-corrected chi connectivity index (χ4v) is 2.74. The van der Waals surface area contributed by atoms with Crippen molar-refractivity contribution in [2.45, 2.75) is 58.0 Å². The Balaban J connectivity index is 1.77. The molecule has 0 aliphatic heterocycles. The summed E-state index contributed by atoms with van der Waals surface area (Å²) < 4.78 is 3.21. The Kier molecular flexibility index (Phi) is 3.47. The molecule has 0 saturated heterocycles. The Morgan fingerprint density at radius 2 is 1.86 bits per heavy atom. The van der Waals surface area contributed by atoms with Crippen LogP contribution in [-0.2, 0) is 12.1 Å². The maximum Gasteiger partial charge on any atom is 0.346 e. The molecule has 4 nitrogen and oxygen atoms in total. The molecule has 1 fully saturated rings. The van der Waals surface area contributed by atoms with Crippen LogP contribution in [0.2, 0.25) is 0 Å². The number of hydrogen-bond acceptors (Lipinski definition) is 2. The van der Waals surface area contributed by atoms with E-state index in [0.29, 0.717) is 6.54 Å². The van der Waals surface area contributed by atoms with Crippen molar-refractivity contribution in [1.82, 2.24) is 14.3 Å².